The average molecular weight is 316 g/mol. The number of rotatable bonds is 3. The van der Waals surface area contributed by atoms with Crippen molar-refractivity contribution < 1.29 is 21.6 Å². The molecule has 0 radical (unpaired) electrons. The lowest BCUT2D eigenvalue weighted by atomic mass is 10.2. The monoisotopic (exact) mass is 316 g/mol. The molecule has 2 rings (SSSR count). The largest absolute Gasteiger partial charge is 0.396 e. The smallest absolute Gasteiger partial charge is 0.262 e. The Morgan fingerprint density at radius 3 is 2.33 bits per heavy atom. The predicted molar refractivity (Wildman–Crippen MR) is 72.7 cm³/mol. The van der Waals surface area contributed by atoms with Crippen LogP contribution in [0.4, 0.5) is 24.5 Å². The predicted octanol–water partition coefficient (Wildman–Crippen LogP) is 2.80. The van der Waals surface area contributed by atoms with Gasteiger partial charge >= 0.3 is 0 Å². The summed E-state index contributed by atoms with van der Waals surface area (Å²) >= 11 is 0. The van der Waals surface area contributed by atoms with Crippen LogP contribution in [0.3, 0.4) is 0 Å². The average Bonchev–Trinajstić information content (AvgIpc) is 2.37. The van der Waals surface area contributed by atoms with Crippen LogP contribution in [0, 0.1) is 24.4 Å². The van der Waals surface area contributed by atoms with Crippen LogP contribution in [0.2, 0.25) is 0 Å². The van der Waals surface area contributed by atoms with Crippen molar-refractivity contribution in [3.8, 4) is 0 Å². The van der Waals surface area contributed by atoms with Crippen molar-refractivity contribution in [3.63, 3.8) is 0 Å². The molecule has 8 heteroatoms. The number of aryl methyl sites for hydroxylation is 1. The first-order chi connectivity index (χ1) is 9.70. The van der Waals surface area contributed by atoms with Gasteiger partial charge in [0.2, 0.25) is 0 Å². The minimum atomic E-state index is -4.18. The van der Waals surface area contributed by atoms with Crippen LogP contribution in [0.1, 0.15) is 5.56 Å². The quantitative estimate of drug-likeness (QED) is 0.855. The number of hydrogen-bond donors (Lipinski definition) is 2. The molecule has 0 fully saturated rings. The summed E-state index contributed by atoms with van der Waals surface area (Å²) in [4.78, 5) is -0.287. The van der Waals surface area contributed by atoms with E-state index in [4.69, 9.17) is 5.73 Å². The highest BCUT2D eigenvalue weighted by Gasteiger charge is 2.20. The van der Waals surface area contributed by atoms with Crippen LogP contribution in [0.25, 0.3) is 0 Å². The highest BCUT2D eigenvalue weighted by Crippen LogP contribution is 2.25. The summed E-state index contributed by atoms with van der Waals surface area (Å²) < 4.78 is 65.8. The SMILES string of the molecule is Cc1cc(F)c(N)cc1S(=O)(=O)Nc1ccc(F)cc1F. The maximum Gasteiger partial charge on any atom is 0.262 e. The molecule has 21 heavy (non-hydrogen) atoms. The van der Waals surface area contributed by atoms with Crippen LogP contribution in [0.15, 0.2) is 35.2 Å². The number of nitrogen functional groups attached to an aromatic ring is 1. The maximum absolute atomic E-state index is 13.5. The molecule has 4 nitrogen and oxygen atoms in total. The molecule has 0 amide bonds. The van der Waals surface area contributed by atoms with Crippen molar-refractivity contribution >= 4 is 21.4 Å². The van der Waals surface area contributed by atoms with Gasteiger partial charge in [-0.05, 0) is 36.8 Å². The highest BCUT2D eigenvalue weighted by atomic mass is 32.2. The fourth-order valence-corrected chi connectivity index (χ4v) is 3.06. The van der Waals surface area contributed by atoms with Crippen LogP contribution < -0.4 is 10.5 Å². The van der Waals surface area contributed by atoms with Crippen molar-refractivity contribution in [3.05, 3.63) is 53.3 Å². The van der Waals surface area contributed by atoms with Crippen LogP contribution in [-0.4, -0.2) is 8.42 Å². The molecule has 0 aliphatic carbocycles. The molecule has 0 bridgehead atoms. The topological polar surface area (TPSA) is 72.2 Å². The molecule has 0 saturated heterocycles. The number of hydrogen-bond acceptors (Lipinski definition) is 3. The second-order valence-electron chi connectivity index (χ2n) is 4.37. The second-order valence-corrected chi connectivity index (χ2v) is 6.02. The van der Waals surface area contributed by atoms with E-state index in [2.05, 4.69) is 0 Å². The van der Waals surface area contributed by atoms with Crippen molar-refractivity contribution in [2.75, 3.05) is 10.5 Å². The molecule has 112 valence electrons. The molecule has 0 spiro atoms. The third-order valence-electron chi connectivity index (χ3n) is 2.76. The van der Waals surface area contributed by atoms with E-state index < -0.39 is 33.2 Å². The van der Waals surface area contributed by atoms with Crippen LogP contribution in [-0.2, 0) is 10.0 Å². The van der Waals surface area contributed by atoms with Gasteiger partial charge in [-0.1, -0.05) is 0 Å². The standard InChI is InChI=1S/C13H11F3N2O2S/c1-7-4-9(15)11(17)6-13(7)21(19,20)18-12-3-2-8(14)5-10(12)16/h2-6,18H,17H2,1H3. The first kappa shape index (κ1) is 15.2. The molecule has 0 atom stereocenters. The van der Waals surface area contributed by atoms with E-state index in [0.29, 0.717) is 6.07 Å². The zero-order chi connectivity index (χ0) is 15.8. The van der Waals surface area contributed by atoms with Gasteiger partial charge < -0.3 is 5.73 Å². The molecule has 0 heterocycles. The van der Waals surface area contributed by atoms with E-state index in [1.807, 2.05) is 4.72 Å². The van der Waals surface area contributed by atoms with E-state index in [0.717, 1.165) is 24.3 Å². The van der Waals surface area contributed by atoms with Crippen molar-refractivity contribution in [2.45, 2.75) is 11.8 Å². The summed E-state index contributed by atoms with van der Waals surface area (Å²) in [6.45, 7) is 1.37. The van der Waals surface area contributed by atoms with E-state index in [1.54, 1.807) is 0 Å². The first-order valence-corrected chi connectivity index (χ1v) is 7.22. The number of sulfonamides is 1. The van der Waals surface area contributed by atoms with E-state index in [1.165, 1.54) is 6.92 Å². The van der Waals surface area contributed by atoms with Gasteiger partial charge in [0, 0.05) is 6.07 Å². The molecule has 3 N–H and O–H groups in total. The van der Waals surface area contributed by atoms with Gasteiger partial charge in [0.1, 0.15) is 17.5 Å². The molecule has 2 aromatic rings. The van der Waals surface area contributed by atoms with Gasteiger partial charge in [-0.15, -0.1) is 0 Å². The lowest BCUT2D eigenvalue weighted by Crippen LogP contribution is -2.16. The fourth-order valence-electron chi connectivity index (χ4n) is 1.73. The number of nitrogens with two attached hydrogens (primary N) is 1. The van der Waals surface area contributed by atoms with Gasteiger partial charge in [-0.2, -0.15) is 0 Å². The Bertz CT molecular complexity index is 807. The van der Waals surface area contributed by atoms with Gasteiger partial charge in [0.05, 0.1) is 16.3 Å². The number of benzene rings is 2. The Hall–Kier alpha value is -2.22. The Kier molecular flexibility index (Phi) is 3.82. The highest BCUT2D eigenvalue weighted by molar-refractivity contribution is 7.92. The Balaban J connectivity index is 2.46. The third kappa shape index (κ3) is 3.10. The minimum Gasteiger partial charge on any atom is -0.396 e. The second kappa shape index (κ2) is 5.28. The number of halogens is 3. The summed E-state index contributed by atoms with van der Waals surface area (Å²) in [5, 5.41) is 0. The van der Waals surface area contributed by atoms with Gasteiger partial charge in [-0.25, -0.2) is 21.6 Å². The zero-order valence-electron chi connectivity index (χ0n) is 10.8. The normalized spacial score (nSPS) is 11.4. The minimum absolute atomic E-state index is 0.108. The maximum atomic E-state index is 13.5. The van der Waals surface area contributed by atoms with Crippen LogP contribution in [0.5, 0.6) is 0 Å². The van der Waals surface area contributed by atoms with Gasteiger partial charge in [-0.3, -0.25) is 4.72 Å². The number of nitrogens with one attached hydrogen (secondary N) is 1. The van der Waals surface area contributed by atoms with Crippen LogP contribution >= 0.6 is 0 Å². The van der Waals surface area contributed by atoms with Gasteiger partial charge in [0.25, 0.3) is 10.0 Å². The molecule has 2 aromatic carbocycles. The molecule has 0 aliphatic heterocycles. The Morgan fingerprint density at radius 2 is 1.71 bits per heavy atom. The van der Waals surface area contributed by atoms with Gasteiger partial charge in [0.15, 0.2) is 0 Å². The molecule has 0 unspecified atom stereocenters. The van der Waals surface area contributed by atoms with E-state index >= 15 is 0 Å². The van der Waals surface area contributed by atoms with Crippen molar-refractivity contribution in [1.29, 1.82) is 0 Å². The summed E-state index contributed by atoms with van der Waals surface area (Å²) in [6, 6.07) is 4.31. The lowest BCUT2D eigenvalue weighted by Gasteiger charge is -2.12. The van der Waals surface area contributed by atoms with E-state index in [9.17, 15) is 21.6 Å². The molecule has 0 aromatic heterocycles. The molecule has 0 aliphatic rings. The summed E-state index contributed by atoms with van der Waals surface area (Å²) in [7, 11) is -4.18. The lowest BCUT2D eigenvalue weighted by molar-refractivity contribution is 0.582. The molecular weight excluding hydrogens is 305 g/mol. The van der Waals surface area contributed by atoms with Crippen molar-refractivity contribution in [1.82, 2.24) is 0 Å². The first-order valence-electron chi connectivity index (χ1n) is 5.74. The Morgan fingerprint density at radius 1 is 1.05 bits per heavy atom. The summed E-state index contributed by atoms with van der Waals surface area (Å²) in [6.07, 6.45) is 0. The fraction of sp³-hybridized carbons (Fsp3) is 0.0769. The Labute approximate surface area is 119 Å². The molecule has 0 saturated carbocycles. The van der Waals surface area contributed by atoms with Crippen molar-refractivity contribution in [2.24, 2.45) is 0 Å². The molecular formula is C13H11F3N2O2S. The van der Waals surface area contributed by atoms with E-state index in [-0.39, 0.29) is 16.1 Å². The zero-order valence-corrected chi connectivity index (χ0v) is 11.6. The summed E-state index contributed by atoms with van der Waals surface area (Å²) in [5.41, 5.74) is 4.68. The third-order valence-corrected chi connectivity index (χ3v) is 4.27. The number of anilines is 2. The summed E-state index contributed by atoms with van der Waals surface area (Å²) in [5.74, 6) is -2.65.